The summed E-state index contributed by atoms with van der Waals surface area (Å²) in [5, 5.41) is -1.27. The highest BCUT2D eigenvalue weighted by atomic mass is 32.2. The van der Waals surface area contributed by atoms with Gasteiger partial charge in [0.25, 0.3) is 0 Å². The maximum Gasteiger partial charge on any atom is 0.159 e. The quantitative estimate of drug-likeness (QED) is 0.171. The zero-order chi connectivity index (χ0) is 74.4. The van der Waals surface area contributed by atoms with Crippen LogP contribution in [0.1, 0.15) is 73.0 Å². The third kappa shape index (κ3) is 5.48. The van der Waals surface area contributed by atoms with Crippen molar-refractivity contribution in [3.05, 3.63) is 258 Å². The Morgan fingerprint density at radius 2 is 0.812 bits per heavy atom. The molecule has 2 aliphatic rings. The van der Waals surface area contributed by atoms with E-state index in [9.17, 15) is 28.8 Å². The fourth-order valence-corrected chi connectivity index (χ4v) is 9.26. The molecule has 0 radical (unpaired) electrons. The van der Waals surface area contributed by atoms with Crippen LogP contribution in [0.25, 0.3) is 66.4 Å². The van der Waals surface area contributed by atoms with Crippen LogP contribution in [-0.2, 0) is 5.41 Å². The zero-order valence-electron chi connectivity index (χ0n) is 68.9. The summed E-state index contributed by atoms with van der Waals surface area (Å²) < 4.78 is 353. The molecule has 3 heterocycles. The molecular formula is C61H39NOS. The van der Waals surface area contributed by atoms with E-state index in [0.717, 1.165) is 12.1 Å². The van der Waals surface area contributed by atoms with Gasteiger partial charge in [0.2, 0.25) is 0 Å². The number of nitrogens with zero attached hydrogens (tertiary/aromatic N) is 1. The first-order chi connectivity index (χ1) is 47.1. The number of anilines is 3. The average molecular weight is 871 g/mol. The highest BCUT2D eigenvalue weighted by Crippen LogP contribution is 2.64. The van der Waals surface area contributed by atoms with Crippen LogP contribution in [0.2, 0.25) is 0 Å². The SMILES string of the molecule is [2H]c1c(-c2c([2H])c([2H])c([2H])c([2H])c2-c2c([2H])c([2H])c([2H])c([2H])c2[2H])cc2c(c1[2H])N(c1c([2H])c([2H])c([2H])c3c1oc1c([2H])c([2H])c([2H])c([2H])c13)c1c(cc(-c3c([2H])c([2H])c([2H])c([2H])c3-c3c([2H])c([2H])c([2H])c([2H])c3[2H])c([2H])c1[2H])C21c2c([2H])c([2H])c([2H])c([2H])c2Sc2c([2H])c([2H])c([2H])c([2H])c21. The number of hydrogen-bond acceptors (Lipinski definition) is 3. The second-order valence-electron chi connectivity index (χ2n) is 14.0. The van der Waals surface area contributed by atoms with Crippen molar-refractivity contribution in [2.75, 3.05) is 4.90 Å². The van der Waals surface area contributed by atoms with Gasteiger partial charge in [-0.15, -0.1) is 0 Å². The van der Waals surface area contributed by atoms with E-state index in [0.29, 0.717) is 16.7 Å². The number of para-hydroxylation sites is 2. The van der Waals surface area contributed by atoms with Crippen molar-refractivity contribution in [3.8, 4) is 44.5 Å². The lowest BCUT2D eigenvalue weighted by Gasteiger charge is -2.49. The van der Waals surface area contributed by atoms with Gasteiger partial charge in [0.1, 0.15) is 5.58 Å². The van der Waals surface area contributed by atoms with Crippen molar-refractivity contribution in [2.45, 2.75) is 15.2 Å². The summed E-state index contributed by atoms with van der Waals surface area (Å²) in [6.45, 7) is 0. The molecular weight excluding hydrogens is 795 g/mol. The van der Waals surface area contributed by atoms with Gasteiger partial charge in [-0.3, -0.25) is 0 Å². The van der Waals surface area contributed by atoms with E-state index in [-0.39, 0.29) is 0 Å². The molecule has 2 nitrogen and oxygen atoms in total. The van der Waals surface area contributed by atoms with Crippen LogP contribution in [0.4, 0.5) is 17.1 Å². The Morgan fingerprint density at radius 3 is 1.38 bits per heavy atom. The summed E-state index contributed by atoms with van der Waals surface area (Å²) in [7, 11) is 0. The predicted molar refractivity (Wildman–Crippen MR) is 266 cm³/mol. The van der Waals surface area contributed by atoms with Crippen LogP contribution in [0.5, 0.6) is 0 Å². The monoisotopic (exact) mass is 871 g/mol. The van der Waals surface area contributed by atoms with Gasteiger partial charge < -0.3 is 9.32 Å². The van der Waals surface area contributed by atoms with Gasteiger partial charge in [0, 0.05) is 20.6 Å². The van der Waals surface area contributed by atoms with Gasteiger partial charge in [0.15, 0.2) is 5.58 Å². The van der Waals surface area contributed by atoms with Crippen molar-refractivity contribution in [1.82, 2.24) is 0 Å². The third-order valence-corrected chi connectivity index (χ3v) is 11.8. The van der Waals surface area contributed by atoms with Crippen molar-refractivity contribution in [3.63, 3.8) is 0 Å². The molecule has 1 aromatic heterocycles. The summed E-state index contributed by atoms with van der Waals surface area (Å²) in [5.41, 5.74) is -18.7. The van der Waals surface area contributed by atoms with Crippen LogP contribution in [0.3, 0.4) is 0 Å². The lowest BCUT2D eigenvalue weighted by molar-refractivity contribution is 0.666. The molecule has 0 unspecified atom stereocenters. The van der Waals surface area contributed by atoms with Crippen molar-refractivity contribution in [2.24, 2.45) is 0 Å². The molecule has 0 fully saturated rings. The summed E-state index contributed by atoms with van der Waals surface area (Å²) in [6, 6.07) is -38.2. The van der Waals surface area contributed by atoms with Crippen LogP contribution < -0.4 is 4.90 Å². The fraction of sp³-hybridized carbons (Fsp3) is 0.0164. The highest BCUT2D eigenvalue weighted by Gasteiger charge is 2.51. The Bertz CT molecular complexity index is 5480. The summed E-state index contributed by atoms with van der Waals surface area (Å²) in [4.78, 5) is -0.606. The first-order valence-corrected chi connectivity index (χ1v) is 19.7. The Morgan fingerprint density at radius 1 is 0.359 bits per heavy atom. The lowest BCUT2D eigenvalue weighted by Crippen LogP contribution is -2.39. The molecule has 64 heavy (non-hydrogen) atoms. The van der Waals surface area contributed by atoms with E-state index in [1.165, 1.54) is 0 Å². The smallest absolute Gasteiger partial charge is 0.159 e. The third-order valence-electron chi connectivity index (χ3n) is 10.8. The number of rotatable bonds is 5. The minimum Gasteiger partial charge on any atom is -0.454 e. The predicted octanol–water partition coefficient (Wildman–Crippen LogP) is 16.9. The van der Waals surface area contributed by atoms with Gasteiger partial charge in [0.05, 0.1) is 73.2 Å². The molecule has 0 aliphatic carbocycles. The second kappa shape index (κ2) is 14.6. The maximum atomic E-state index is 10.6. The summed E-state index contributed by atoms with van der Waals surface area (Å²) in [5.74, 6) is 0. The normalized spacial score (nSPS) is 21.4. The molecule has 0 N–H and O–H groups in total. The van der Waals surface area contributed by atoms with Gasteiger partial charge in [-0.25, -0.2) is 0 Å². The molecule has 13 rings (SSSR count). The van der Waals surface area contributed by atoms with Crippen LogP contribution in [-0.4, -0.2) is 0 Å². The Kier molecular flexibility index (Phi) is 3.53. The molecule has 10 aromatic carbocycles. The Balaban J connectivity index is 1.40. The molecule has 0 bridgehead atoms. The van der Waals surface area contributed by atoms with Crippen molar-refractivity contribution < 1.29 is 55.1 Å². The molecule has 1 spiro atoms. The van der Waals surface area contributed by atoms with Crippen LogP contribution >= 0.6 is 11.8 Å². The van der Waals surface area contributed by atoms with E-state index in [1.54, 1.807) is 0 Å². The highest BCUT2D eigenvalue weighted by molar-refractivity contribution is 7.99. The van der Waals surface area contributed by atoms with Gasteiger partial charge >= 0.3 is 0 Å². The molecule has 3 heteroatoms. The first kappa shape index (κ1) is 15.4. The fourth-order valence-electron chi connectivity index (χ4n) is 8.24. The van der Waals surface area contributed by atoms with Crippen molar-refractivity contribution >= 4 is 50.8 Å². The standard InChI is InChI=1S/C61H39NOS/c1-3-18-40(19-4-1)44-22-7-9-24-46(44)42-34-36-54-52(38-42)61(50-28-12-15-32-58(50)64-59-33-16-13-29-51(59)61)53-39-43(47-25-10-8-23-45(47)41-20-5-2-6-21-41)35-37-55(53)62(54)56-30-17-27-49-48-26-11-14-31-57(48)63-60(49)56/h1-39H/i1D,2D,3D,4D,5D,6D,7D,8D,9D,10D,11D,12D,13D,14D,15D,16D,17D,18D,19D,20D,21D,22D,23D,24D,25D,26D,27D,28D,29D,30D,31D,32D,33D,34D,35D,36D,37D. The molecule has 300 valence electrons. The van der Waals surface area contributed by atoms with E-state index in [2.05, 4.69) is 0 Å². The second-order valence-corrected chi connectivity index (χ2v) is 15.0. The number of furan rings is 1. The van der Waals surface area contributed by atoms with E-state index in [1.807, 2.05) is 0 Å². The van der Waals surface area contributed by atoms with E-state index in [4.69, 9.17) is 26.3 Å². The molecule has 2 aliphatic heterocycles. The topological polar surface area (TPSA) is 16.4 Å². The molecule has 11 aromatic rings. The van der Waals surface area contributed by atoms with E-state index >= 15 is 0 Å². The average Bonchev–Trinajstić information content (AvgIpc) is 0.835. The number of fused-ring (bicyclic) bond motifs is 11. The van der Waals surface area contributed by atoms with Crippen molar-refractivity contribution in [1.29, 1.82) is 0 Å². The van der Waals surface area contributed by atoms with Crippen LogP contribution in [0, 0.1) is 0 Å². The maximum absolute atomic E-state index is 10.6. The zero-order valence-corrected chi connectivity index (χ0v) is 32.7. The number of benzene rings is 10. The summed E-state index contributed by atoms with van der Waals surface area (Å²) in [6.07, 6.45) is 0. The molecule has 0 amide bonds. The van der Waals surface area contributed by atoms with Gasteiger partial charge in [-0.05, 0) is 115 Å². The summed E-state index contributed by atoms with van der Waals surface area (Å²) >= 11 is 0.339. The van der Waals surface area contributed by atoms with E-state index < -0.39 is 345 Å². The Labute approximate surface area is 428 Å². The Hall–Kier alpha value is -7.85. The minimum absolute atomic E-state index is 0.339. The van der Waals surface area contributed by atoms with Crippen LogP contribution in [0.15, 0.2) is 250 Å². The minimum atomic E-state index is -3.29. The molecule has 0 saturated carbocycles. The van der Waals surface area contributed by atoms with Gasteiger partial charge in [-0.1, -0.05) is 199 Å². The molecule has 0 atom stereocenters. The lowest BCUT2D eigenvalue weighted by atomic mass is 9.61. The largest absolute Gasteiger partial charge is 0.454 e. The first-order valence-electron chi connectivity index (χ1n) is 37.4. The number of hydrogen-bond donors (Lipinski definition) is 0. The van der Waals surface area contributed by atoms with Gasteiger partial charge in [-0.2, -0.15) is 0 Å². The molecule has 0 saturated heterocycles.